The Morgan fingerprint density at radius 1 is 1.24 bits per heavy atom. The Balaban J connectivity index is 1.88. The lowest BCUT2D eigenvalue weighted by molar-refractivity contribution is -0.137. The minimum absolute atomic E-state index is 0.132. The number of aromatic nitrogens is 2. The van der Waals surface area contributed by atoms with Gasteiger partial charge in [0, 0.05) is 6.07 Å². The summed E-state index contributed by atoms with van der Waals surface area (Å²) in [5, 5.41) is 25.8. The van der Waals surface area contributed by atoms with Gasteiger partial charge in [0.15, 0.2) is 5.69 Å². The molecule has 0 spiro atoms. The lowest BCUT2D eigenvalue weighted by Gasteiger charge is -2.18. The molecule has 1 atom stereocenters. The van der Waals surface area contributed by atoms with Crippen LogP contribution in [0.5, 0.6) is 5.88 Å². The van der Waals surface area contributed by atoms with Crippen LogP contribution < -0.4 is 5.32 Å². The fourth-order valence-electron chi connectivity index (χ4n) is 2.91. The van der Waals surface area contributed by atoms with Gasteiger partial charge in [-0.15, -0.1) is 0 Å². The zero-order chi connectivity index (χ0) is 21.1. The standard InChI is InChI=1S/C20H17ClFN3O4/c1-11-4-2-3-5-13(11)16(10-19(27)28)23-20(29)17-9-18(26)25(24-17)12-6-7-15(22)14(21)8-12/h2-9,16,26H,10H2,1H3,(H,23,29)(H,27,28). The highest BCUT2D eigenvalue weighted by atomic mass is 35.5. The van der Waals surface area contributed by atoms with Crippen molar-refractivity contribution in [3.63, 3.8) is 0 Å². The minimum atomic E-state index is -1.08. The average Bonchev–Trinajstić information content (AvgIpc) is 3.05. The van der Waals surface area contributed by atoms with Crippen LogP contribution in [-0.4, -0.2) is 31.9 Å². The van der Waals surface area contributed by atoms with Crippen LogP contribution in [0, 0.1) is 12.7 Å². The lowest BCUT2D eigenvalue weighted by atomic mass is 9.98. The summed E-state index contributed by atoms with van der Waals surface area (Å²) in [6.07, 6.45) is -0.323. The summed E-state index contributed by atoms with van der Waals surface area (Å²) in [5.74, 6) is -2.73. The molecule has 9 heteroatoms. The van der Waals surface area contributed by atoms with E-state index < -0.39 is 23.7 Å². The minimum Gasteiger partial charge on any atom is -0.493 e. The lowest BCUT2D eigenvalue weighted by Crippen LogP contribution is -2.31. The monoisotopic (exact) mass is 417 g/mol. The van der Waals surface area contributed by atoms with E-state index >= 15 is 0 Å². The van der Waals surface area contributed by atoms with Gasteiger partial charge in [-0.2, -0.15) is 5.10 Å². The number of hydrogen-bond acceptors (Lipinski definition) is 4. The van der Waals surface area contributed by atoms with Crippen molar-refractivity contribution < 1.29 is 24.2 Å². The van der Waals surface area contributed by atoms with Crippen LogP contribution in [0.25, 0.3) is 5.69 Å². The summed E-state index contributed by atoms with van der Waals surface area (Å²) < 4.78 is 14.4. The number of nitrogens with zero attached hydrogens (tertiary/aromatic N) is 2. The zero-order valence-corrected chi connectivity index (χ0v) is 16.0. The Hall–Kier alpha value is -3.39. The highest BCUT2D eigenvalue weighted by Crippen LogP contribution is 2.24. The van der Waals surface area contributed by atoms with Gasteiger partial charge in [0.05, 0.1) is 23.2 Å². The molecule has 3 N–H and O–H groups in total. The van der Waals surface area contributed by atoms with Gasteiger partial charge in [-0.05, 0) is 36.2 Å². The van der Waals surface area contributed by atoms with E-state index in [-0.39, 0.29) is 28.7 Å². The number of carbonyl (C=O) groups is 2. The van der Waals surface area contributed by atoms with Crippen LogP contribution in [0.2, 0.25) is 5.02 Å². The molecule has 1 aromatic heterocycles. The van der Waals surface area contributed by atoms with Crippen molar-refractivity contribution in [3.8, 4) is 11.6 Å². The number of nitrogens with one attached hydrogen (secondary N) is 1. The maximum atomic E-state index is 13.4. The molecule has 0 saturated heterocycles. The molecule has 0 aliphatic heterocycles. The highest BCUT2D eigenvalue weighted by Gasteiger charge is 2.23. The van der Waals surface area contributed by atoms with Crippen molar-refractivity contribution in [2.45, 2.75) is 19.4 Å². The first-order valence-electron chi connectivity index (χ1n) is 8.59. The molecule has 7 nitrogen and oxygen atoms in total. The van der Waals surface area contributed by atoms with Crippen LogP contribution in [0.1, 0.15) is 34.1 Å². The Labute approximate surface area is 170 Å². The molecule has 0 aliphatic carbocycles. The quantitative estimate of drug-likeness (QED) is 0.568. The van der Waals surface area contributed by atoms with Gasteiger partial charge in [0.25, 0.3) is 5.91 Å². The van der Waals surface area contributed by atoms with Gasteiger partial charge in [-0.1, -0.05) is 35.9 Å². The molecule has 0 aliphatic rings. The second kappa shape index (κ2) is 8.32. The Morgan fingerprint density at radius 3 is 2.62 bits per heavy atom. The molecule has 2 aromatic carbocycles. The third kappa shape index (κ3) is 4.55. The predicted molar refractivity (Wildman–Crippen MR) is 104 cm³/mol. The van der Waals surface area contributed by atoms with Crippen LogP contribution in [0.4, 0.5) is 4.39 Å². The van der Waals surface area contributed by atoms with Crippen LogP contribution in [0.15, 0.2) is 48.5 Å². The van der Waals surface area contributed by atoms with E-state index in [1.165, 1.54) is 12.1 Å². The summed E-state index contributed by atoms with van der Waals surface area (Å²) in [4.78, 5) is 23.9. The summed E-state index contributed by atoms with van der Waals surface area (Å²) in [6, 6.07) is 11.2. The third-order valence-electron chi connectivity index (χ3n) is 4.32. The first-order chi connectivity index (χ1) is 13.8. The topological polar surface area (TPSA) is 104 Å². The molecule has 3 rings (SSSR count). The second-order valence-corrected chi connectivity index (χ2v) is 6.79. The number of amides is 1. The summed E-state index contributed by atoms with van der Waals surface area (Å²) in [7, 11) is 0. The smallest absolute Gasteiger partial charge is 0.305 e. The van der Waals surface area contributed by atoms with E-state index in [0.717, 1.165) is 22.4 Å². The zero-order valence-electron chi connectivity index (χ0n) is 15.3. The van der Waals surface area contributed by atoms with E-state index in [0.29, 0.717) is 5.56 Å². The van der Waals surface area contributed by atoms with Crippen molar-refractivity contribution in [3.05, 3.63) is 76.2 Å². The molecule has 0 fully saturated rings. The highest BCUT2D eigenvalue weighted by molar-refractivity contribution is 6.30. The number of carboxylic acids is 1. The fourth-order valence-corrected chi connectivity index (χ4v) is 3.09. The fraction of sp³-hybridized carbons (Fsp3) is 0.150. The number of rotatable bonds is 6. The molecule has 3 aromatic rings. The number of aliphatic carboxylic acids is 1. The third-order valence-corrected chi connectivity index (χ3v) is 4.61. The Bertz CT molecular complexity index is 1080. The number of aromatic hydroxyl groups is 1. The summed E-state index contributed by atoms with van der Waals surface area (Å²) in [6.45, 7) is 1.81. The van der Waals surface area contributed by atoms with Crippen LogP contribution in [0.3, 0.4) is 0 Å². The first-order valence-corrected chi connectivity index (χ1v) is 8.96. The maximum Gasteiger partial charge on any atom is 0.305 e. The van der Waals surface area contributed by atoms with Crippen molar-refractivity contribution >= 4 is 23.5 Å². The second-order valence-electron chi connectivity index (χ2n) is 6.38. The van der Waals surface area contributed by atoms with Crippen molar-refractivity contribution in [2.75, 3.05) is 0 Å². The summed E-state index contributed by atoms with van der Waals surface area (Å²) in [5.41, 5.74) is 1.62. The number of hydrogen-bond donors (Lipinski definition) is 3. The molecule has 1 unspecified atom stereocenters. The number of halogens is 2. The molecule has 0 saturated carbocycles. The molecular formula is C20H17ClFN3O4. The Kier molecular flexibility index (Phi) is 5.84. The van der Waals surface area contributed by atoms with Gasteiger partial charge < -0.3 is 15.5 Å². The van der Waals surface area contributed by atoms with Gasteiger partial charge in [-0.3, -0.25) is 9.59 Å². The van der Waals surface area contributed by atoms with Gasteiger partial charge >= 0.3 is 5.97 Å². The van der Waals surface area contributed by atoms with E-state index in [1.54, 1.807) is 12.1 Å². The van der Waals surface area contributed by atoms with Crippen molar-refractivity contribution in [1.29, 1.82) is 0 Å². The summed E-state index contributed by atoms with van der Waals surface area (Å²) >= 11 is 5.75. The van der Waals surface area contributed by atoms with E-state index in [2.05, 4.69) is 10.4 Å². The molecule has 0 radical (unpaired) electrons. The van der Waals surface area contributed by atoms with Gasteiger partial charge in [0.1, 0.15) is 5.82 Å². The van der Waals surface area contributed by atoms with Gasteiger partial charge in [-0.25, -0.2) is 9.07 Å². The number of carbonyl (C=O) groups excluding carboxylic acids is 1. The molecule has 150 valence electrons. The van der Waals surface area contributed by atoms with Crippen molar-refractivity contribution in [1.82, 2.24) is 15.1 Å². The Morgan fingerprint density at radius 2 is 1.97 bits per heavy atom. The maximum absolute atomic E-state index is 13.4. The predicted octanol–water partition coefficient (Wildman–Crippen LogP) is 3.62. The molecular weight excluding hydrogens is 401 g/mol. The van der Waals surface area contributed by atoms with Crippen LogP contribution in [-0.2, 0) is 4.79 Å². The number of aryl methyl sites for hydroxylation is 1. The van der Waals surface area contributed by atoms with E-state index in [9.17, 15) is 24.2 Å². The molecule has 29 heavy (non-hydrogen) atoms. The van der Waals surface area contributed by atoms with Crippen molar-refractivity contribution in [2.24, 2.45) is 0 Å². The largest absolute Gasteiger partial charge is 0.493 e. The average molecular weight is 418 g/mol. The molecule has 1 amide bonds. The van der Waals surface area contributed by atoms with E-state index in [4.69, 9.17) is 11.6 Å². The number of benzene rings is 2. The normalized spacial score (nSPS) is 11.8. The SMILES string of the molecule is Cc1ccccc1C(CC(=O)O)NC(=O)c1cc(O)n(-c2ccc(F)c(Cl)c2)n1. The van der Waals surface area contributed by atoms with E-state index in [1.807, 2.05) is 19.1 Å². The van der Waals surface area contributed by atoms with Crippen LogP contribution >= 0.6 is 11.6 Å². The van der Waals surface area contributed by atoms with Gasteiger partial charge in [0.2, 0.25) is 5.88 Å². The first kappa shape index (κ1) is 20.3. The number of carboxylic acid groups (broad SMARTS) is 1. The molecule has 0 bridgehead atoms. The molecule has 1 heterocycles.